The van der Waals surface area contributed by atoms with E-state index in [1.165, 1.54) is 18.9 Å². The van der Waals surface area contributed by atoms with E-state index in [9.17, 15) is 19.5 Å². The zero-order chi connectivity index (χ0) is 19.5. The number of nitrogens with one attached hydrogen (secondary N) is 2. The fourth-order valence-electron chi connectivity index (χ4n) is 2.77. The maximum absolute atomic E-state index is 12.5. The molecule has 9 heteroatoms. The van der Waals surface area contributed by atoms with Crippen molar-refractivity contribution < 1.29 is 24.2 Å². The van der Waals surface area contributed by atoms with Gasteiger partial charge in [0.25, 0.3) is 0 Å². The van der Waals surface area contributed by atoms with E-state index in [0.717, 1.165) is 0 Å². The van der Waals surface area contributed by atoms with E-state index in [1.807, 2.05) is 0 Å². The summed E-state index contributed by atoms with van der Waals surface area (Å²) >= 11 is 1.26. The van der Waals surface area contributed by atoms with Crippen molar-refractivity contribution in [1.29, 1.82) is 0 Å². The van der Waals surface area contributed by atoms with Gasteiger partial charge >= 0.3 is 11.9 Å². The number of ether oxygens (including phenoxy) is 1. The summed E-state index contributed by atoms with van der Waals surface area (Å²) in [6, 6.07) is 5.84. The predicted octanol–water partition coefficient (Wildman–Crippen LogP) is 0.239. The van der Waals surface area contributed by atoms with Crippen molar-refractivity contribution >= 4 is 29.6 Å². The largest absolute Gasteiger partial charge is 0.480 e. The Balaban J connectivity index is 2.17. The van der Waals surface area contributed by atoms with Gasteiger partial charge in [0.1, 0.15) is 12.1 Å². The molecular formula is C17H23N3O5S. The van der Waals surface area contributed by atoms with Gasteiger partial charge < -0.3 is 20.9 Å². The molecule has 8 nitrogen and oxygen atoms in total. The van der Waals surface area contributed by atoms with Crippen LogP contribution in [0.1, 0.15) is 25.5 Å². The second-order valence-electron chi connectivity index (χ2n) is 6.48. The van der Waals surface area contributed by atoms with Crippen LogP contribution in [0.25, 0.3) is 0 Å². The summed E-state index contributed by atoms with van der Waals surface area (Å²) in [5.74, 6) is -2.25. The smallest absolute Gasteiger partial charge is 0.330 e. The van der Waals surface area contributed by atoms with E-state index in [0.29, 0.717) is 5.56 Å². The maximum Gasteiger partial charge on any atom is 0.330 e. The van der Waals surface area contributed by atoms with Crippen LogP contribution < -0.4 is 16.4 Å². The Bertz CT molecular complexity index is 682. The number of hydrogen-bond donors (Lipinski definition) is 4. The molecule has 0 saturated carbocycles. The van der Waals surface area contributed by atoms with Gasteiger partial charge in [0.2, 0.25) is 5.91 Å². The number of esters is 1. The van der Waals surface area contributed by atoms with Crippen LogP contribution in [0, 0.1) is 0 Å². The lowest BCUT2D eigenvalue weighted by molar-refractivity contribution is -0.146. The van der Waals surface area contributed by atoms with Crippen LogP contribution in [-0.4, -0.2) is 52.3 Å². The molecule has 0 aliphatic carbocycles. The Morgan fingerprint density at radius 2 is 1.92 bits per heavy atom. The minimum atomic E-state index is -1.07. The summed E-state index contributed by atoms with van der Waals surface area (Å²) in [4.78, 5) is 36.2. The molecule has 5 N–H and O–H groups in total. The van der Waals surface area contributed by atoms with Gasteiger partial charge in [0, 0.05) is 4.75 Å². The van der Waals surface area contributed by atoms with Crippen molar-refractivity contribution in [1.82, 2.24) is 10.6 Å². The topological polar surface area (TPSA) is 131 Å². The molecule has 0 bridgehead atoms. The standard InChI is InChI=1S/C17H23N3O5S/c1-17(2)12(15(22)23)20-14(26-17)11(16(24)25-3)19-13(21)10(18)9-7-5-4-6-8-9/h4-8,10-12,14,20H,18H2,1-3H3,(H,19,21)(H,22,23)/t10-,11?,12+,14?/m1/s1. The average Bonchev–Trinajstić information content (AvgIpc) is 2.94. The summed E-state index contributed by atoms with van der Waals surface area (Å²) in [5, 5.41) is 14.2. The van der Waals surface area contributed by atoms with Crippen molar-refractivity contribution in [2.24, 2.45) is 5.73 Å². The fraction of sp³-hybridized carbons (Fsp3) is 0.471. The Morgan fingerprint density at radius 3 is 2.42 bits per heavy atom. The molecule has 2 rings (SSSR count). The van der Waals surface area contributed by atoms with Crippen molar-refractivity contribution in [2.45, 2.75) is 42.1 Å². The van der Waals surface area contributed by atoms with Crippen LogP contribution in [0.15, 0.2) is 30.3 Å². The van der Waals surface area contributed by atoms with E-state index in [1.54, 1.807) is 44.2 Å². The highest BCUT2D eigenvalue weighted by atomic mass is 32.2. The molecule has 1 aromatic rings. The first kappa shape index (κ1) is 20.2. The summed E-state index contributed by atoms with van der Waals surface area (Å²) in [6.45, 7) is 3.52. The molecule has 26 heavy (non-hydrogen) atoms. The molecule has 1 aliphatic rings. The summed E-state index contributed by atoms with van der Waals surface area (Å²) in [6.07, 6.45) is 0. The van der Waals surface area contributed by atoms with Gasteiger partial charge in [0.15, 0.2) is 6.04 Å². The third-order valence-electron chi connectivity index (χ3n) is 4.20. The van der Waals surface area contributed by atoms with E-state index < -0.39 is 46.1 Å². The number of thioether (sulfide) groups is 1. The second kappa shape index (κ2) is 8.07. The van der Waals surface area contributed by atoms with Crippen molar-refractivity contribution in [3.8, 4) is 0 Å². The van der Waals surface area contributed by atoms with Crippen LogP contribution in [0.2, 0.25) is 0 Å². The van der Waals surface area contributed by atoms with Crippen LogP contribution in [0.3, 0.4) is 0 Å². The van der Waals surface area contributed by atoms with Gasteiger partial charge in [-0.15, -0.1) is 11.8 Å². The second-order valence-corrected chi connectivity index (χ2v) is 8.27. The Morgan fingerprint density at radius 1 is 1.31 bits per heavy atom. The van der Waals surface area contributed by atoms with Crippen LogP contribution in [0.4, 0.5) is 0 Å². The number of carboxylic acid groups (broad SMARTS) is 1. The monoisotopic (exact) mass is 381 g/mol. The zero-order valence-corrected chi connectivity index (χ0v) is 15.6. The normalized spacial score (nSPS) is 23.7. The molecule has 1 aliphatic heterocycles. The Hall–Kier alpha value is -2.10. The molecule has 142 valence electrons. The summed E-state index contributed by atoms with van der Waals surface area (Å²) in [7, 11) is 1.21. The van der Waals surface area contributed by atoms with E-state index >= 15 is 0 Å². The highest BCUT2D eigenvalue weighted by molar-refractivity contribution is 8.01. The first-order valence-electron chi connectivity index (χ1n) is 8.02. The lowest BCUT2D eigenvalue weighted by Crippen LogP contribution is -2.55. The minimum Gasteiger partial charge on any atom is -0.480 e. The first-order chi connectivity index (χ1) is 12.2. The quantitative estimate of drug-likeness (QED) is 0.516. The van der Waals surface area contributed by atoms with Gasteiger partial charge in [-0.1, -0.05) is 30.3 Å². The van der Waals surface area contributed by atoms with Gasteiger partial charge in [0.05, 0.1) is 12.5 Å². The maximum atomic E-state index is 12.5. The lowest BCUT2D eigenvalue weighted by Gasteiger charge is -2.24. The Kier molecular flexibility index (Phi) is 6.27. The first-order valence-corrected chi connectivity index (χ1v) is 8.90. The van der Waals surface area contributed by atoms with Crippen LogP contribution >= 0.6 is 11.8 Å². The van der Waals surface area contributed by atoms with E-state index in [-0.39, 0.29) is 0 Å². The Labute approximate surface area is 155 Å². The third kappa shape index (κ3) is 4.35. The molecule has 2 unspecified atom stereocenters. The lowest BCUT2D eigenvalue weighted by atomic mass is 10.0. The number of rotatable bonds is 6. The molecule has 4 atom stereocenters. The number of nitrogens with two attached hydrogens (primary N) is 1. The SMILES string of the molecule is COC(=O)C(NC(=O)[C@H](N)c1ccccc1)C1N[C@@H](C(=O)O)C(C)(C)S1. The van der Waals surface area contributed by atoms with Gasteiger partial charge in [-0.3, -0.25) is 14.9 Å². The van der Waals surface area contributed by atoms with Crippen LogP contribution in [-0.2, 0) is 19.1 Å². The summed E-state index contributed by atoms with van der Waals surface area (Å²) in [5.41, 5.74) is 6.57. The highest BCUT2D eigenvalue weighted by Crippen LogP contribution is 2.39. The molecule has 1 aromatic carbocycles. The average molecular weight is 381 g/mol. The number of carboxylic acids is 1. The molecule has 0 spiro atoms. The van der Waals surface area contributed by atoms with E-state index in [4.69, 9.17) is 10.5 Å². The number of amides is 1. The van der Waals surface area contributed by atoms with Crippen LogP contribution in [0.5, 0.6) is 0 Å². The fourth-order valence-corrected chi connectivity index (χ4v) is 4.25. The molecule has 0 radical (unpaired) electrons. The molecular weight excluding hydrogens is 358 g/mol. The zero-order valence-electron chi connectivity index (χ0n) is 14.8. The van der Waals surface area contributed by atoms with Gasteiger partial charge in [-0.05, 0) is 19.4 Å². The van der Waals surface area contributed by atoms with Crippen molar-refractivity contribution in [3.05, 3.63) is 35.9 Å². The summed E-state index contributed by atoms with van der Waals surface area (Å²) < 4.78 is 4.11. The van der Waals surface area contributed by atoms with Crippen molar-refractivity contribution in [3.63, 3.8) is 0 Å². The molecule has 0 aromatic heterocycles. The number of hydrogen-bond acceptors (Lipinski definition) is 7. The predicted molar refractivity (Wildman–Crippen MR) is 97.3 cm³/mol. The van der Waals surface area contributed by atoms with Crippen molar-refractivity contribution in [2.75, 3.05) is 7.11 Å². The number of carbonyl (C=O) groups excluding carboxylic acids is 2. The number of benzene rings is 1. The van der Waals surface area contributed by atoms with Gasteiger partial charge in [-0.25, -0.2) is 4.79 Å². The molecule has 1 saturated heterocycles. The third-order valence-corrected chi connectivity index (χ3v) is 5.71. The van der Waals surface area contributed by atoms with Gasteiger partial charge in [-0.2, -0.15) is 0 Å². The number of methoxy groups -OCH3 is 1. The van der Waals surface area contributed by atoms with E-state index in [2.05, 4.69) is 10.6 Å². The molecule has 1 fully saturated rings. The molecule has 1 heterocycles. The minimum absolute atomic E-state index is 0.550. The molecule has 1 amide bonds. The highest BCUT2D eigenvalue weighted by Gasteiger charge is 2.49. The number of carbonyl (C=O) groups is 3. The number of aliphatic carboxylic acids is 1.